The van der Waals surface area contributed by atoms with E-state index in [0.29, 0.717) is 40.9 Å². The standard InChI is InChI=1S/C34H31N3O5/c38-31(19-16-23-8-2-1-3-9-23)36-25-17-14-24(15-18-25)21-35-32(39)22-37-30-13-7-6-11-27(30)29(20-33(40)41)26-10-4-5-12-28(26)34(37)42/h1-15,17-18,29H,16,19-22H2,(H,35,39)(H,36,38)(H,40,41). The van der Waals surface area contributed by atoms with Crippen molar-refractivity contribution in [2.45, 2.75) is 31.7 Å². The predicted octanol–water partition coefficient (Wildman–Crippen LogP) is 5.14. The Morgan fingerprint density at radius 2 is 1.40 bits per heavy atom. The highest BCUT2D eigenvalue weighted by Crippen LogP contribution is 2.40. The van der Waals surface area contributed by atoms with Crippen LogP contribution in [0.4, 0.5) is 11.4 Å². The summed E-state index contributed by atoms with van der Waals surface area (Å²) < 4.78 is 0. The van der Waals surface area contributed by atoms with Gasteiger partial charge in [0.1, 0.15) is 6.54 Å². The fourth-order valence-electron chi connectivity index (χ4n) is 5.23. The van der Waals surface area contributed by atoms with Crippen LogP contribution < -0.4 is 15.5 Å². The van der Waals surface area contributed by atoms with Crippen molar-refractivity contribution in [2.24, 2.45) is 0 Å². The van der Waals surface area contributed by atoms with Gasteiger partial charge in [0.2, 0.25) is 11.8 Å². The van der Waals surface area contributed by atoms with E-state index in [1.807, 2.05) is 48.5 Å². The third kappa shape index (κ3) is 6.72. The van der Waals surface area contributed by atoms with Crippen molar-refractivity contribution in [2.75, 3.05) is 16.8 Å². The number of carbonyl (C=O) groups excluding carboxylic acids is 3. The molecule has 0 saturated heterocycles. The summed E-state index contributed by atoms with van der Waals surface area (Å²) in [7, 11) is 0. The highest BCUT2D eigenvalue weighted by molar-refractivity contribution is 6.11. The Labute approximate surface area is 244 Å². The van der Waals surface area contributed by atoms with E-state index < -0.39 is 11.9 Å². The van der Waals surface area contributed by atoms with E-state index in [2.05, 4.69) is 10.6 Å². The first-order valence-corrected chi connectivity index (χ1v) is 13.8. The Kier molecular flexibility index (Phi) is 8.72. The first-order valence-electron chi connectivity index (χ1n) is 13.8. The molecule has 1 unspecified atom stereocenters. The van der Waals surface area contributed by atoms with Gasteiger partial charge in [0.25, 0.3) is 5.91 Å². The van der Waals surface area contributed by atoms with Gasteiger partial charge in [0.05, 0.1) is 6.42 Å². The van der Waals surface area contributed by atoms with Crippen molar-refractivity contribution in [3.8, 4) is 0 Å². The van der Waals surface area contributed by atoms with Crippen molar-refractivity contribution >= 4 is 35.1 Å². The summed E-state index contributed by atoms with van der Waals surface area (Å²) in [6, 6.07) is 31.2. The molecule has 212 valence electrons. The number of carbonyl (C=O) groups is 4. The van der Waals surface area contributed by atoms with Gasteiger partial charge in [0.15, 0.2) is 0 Å². The SMILES string of the molecule is O=C(O)CC1c2ccccc2C(=O)N(CC(=O)NCc2ccc(NC(=O)CCc3ccccc3)cc2)c2ccccc21. The molecule has 1 aliphatic rings. The number of nitrogens with zero attached hydrogens (tertiary/aromatic N) is 1. The van der Waals surface area contributed by atoms with E-state index in [9.17, 15) is 24.3 Å². The van der Waals surface area contributed by atoms with Crippen molar-refractivity contribution < 1.29 is 24.3 Å². The second-order valence-electron chi connectivity index (χ2n) is 10.2. The van der Waals surface area contributed by atoms with Crippen LogP contribution in [-0.2, 0) is 27.3 Å². The molecule has 0 spiro atoms. The minimum absolute atomic E-state index is 0.0746. The van der Waals surface area contributed by atoms with Gasteiger partial charge in [-0.3, -0.25) is 24.1 Å². The molecule has 3 amide bonds. The van der Waals surface area contributed by atoms with Gasteiger partial charge in [-0.05, 0) is 52.9 Å². The van der Waals surface area contributed by atoms with Crippen LogP contribution in [0.25, 0.3) is 0 Å². The number of fused-ring (bicyclic) bond motifs is 2. The quantitative estimate of drug-likeness (QED) is 0.248. The zero-order chi connectivity index (χ0) is 29.5. The predicted molar refractivity (Wildman–Crippen MR) is 160 cm³/mol. The molecule has 1 heterocycles. The number of nitrogens with one attached hydrogen (secondary N) is 2. The average molecular weight is 562 g/mol. The van der Waals surface area contributed by atoms with Crippen LogP contribution in [0, 0.1) is 0 Å². The second-order valence-corrected chi connectivity index (χ2v) is 10.2. The monoisotopic (exact) mass is 561 g/mol. The lowest BCUT2D eigenvalue weighted by atomic mass is 9.86. The van der Waals surface area contributed by atoms with Crippen LogP contribution in [0.1, 0.15) is 51.4 Å². The summed E-state index contributed by atoms with van der Waals surface area (Å²) in [5.41, 5.74) is 4.83. The van der Waals surface area contributed by atoms with Crippen LogP contribution in [0.3, 0.4) is 0 Å². The van der Waals surface area contributed by atoms with E-state index in [1.165, 1.54) is 4.90 Å². The van der Waals surface area contributed by atoms with Crippen molar-refractivity contribution in [1.29, 1.82) is 0 Å². The van der Waals surface area contributed by atoms with Gasteiger partial charge in [-0.15, -0.1) is 0 Å². The highest BCUT2D eigenvalue weighted by Gasteiger charge is 2.34. The molecule has 0 radical (unpaired) electrons. The summed E-state index contributed by atoms with van der Waals surface area (Å²) >= 11 is 0. The van der Waals surface area contributed by atoms with Gasteiger partial charge < -0.3 is 15.7 Å². The van der Waals surface area contributed by atoms with E-state index >= 15 is 0 Å². The zero-order valence-corrected chi connectivity index (χ0v) is 23.0. The lowest BCUT2D eigenvalue weighted by Gasteiger charge is -2.23. The first-order chi connectivity index (χ1) is 20.4. The lowest BCUT2D eigenvalue weighted by molar-refractivity contribution is -0.137. The smallest absolute Gasteiger partial charge is 0.304 e. The molecule has 8 nitrogen and oxygen atoms in total. The lowest BCUT2D eigenvalue weighted by Crippen LogP contribution is -2.40. The fourth-order valence-corrected chi connectivity index (χ4v) is 5.23. The topological polar surface area (TPSA) is 116 Å². The largest absolute Gasteiger partial charge is 0.481 e. The number of aliphatic carboxylic acids is 1. The van der Waals surface area contributed by atoms with Gasteiger partial charge >= 0.3 is 5.97 Å². The Balaban J connectivity index is 1.22. The number of benzene rings is 4. The molecule has 1 atom stereocenters. The maximum absolute atomic E-state index is 13.7. The maximum Gasteiger partial charge on any atom is 0.304 e. The summed E-state index contributed by atoms with van der Waals surface area (Å²) in [6.45, 7) is 0.0164. The van der Waals surface area contributed by atoms with Crippen LogP contribution in [0.2, 0.25) is 0 Å². The molecule has 3 N–H and O–H groups in total. The number of anilines is 2. The Hall–Kier alpha value is -5.24. The third-order valence-electron chi connectivity index (χ3n) is 7.31. The number of hydrogen-bond acceptors (Lipinski definition) is 4. The second kappa shape index (κ2) is 13.0. The molecular formula is C34H31N3O5. The van der Waals surface area contributed by atoms with Gasteiger partial charge in [-0.1, -0.05) is 78.9 Å². The van der Waals surface area contributed by atoms with E-state index in [1.54, 1.807) is 54.6 Å². The number of amides is 3. The van der Waals surface area contributed by atoms with Crippen LogP contribution in [-0.4, -0.2) is 35.3 Å². The van der Waals surface area contributed by atoms with Gasteiger partial charge in [-0.25, -0.2) is 0 Å². The van der Waals surface area contributed by atoms with Crippen molar-refractivity contribution in [1.82, 2.24) is 5.32 Å². The van der Waals surface area contributed by atoms with Gasteiger partial charge in [-0.2, -0.15) is 0 Å². The molecule has 0 aliphatic carbocycles. The number of carboxylic acid groups (broad SMARTS) is 1. The van der Waals surface area contributed by atoms with Gasteiger partial charge in [0, 0.05) is 35.8 Å². The number of aryl methyl sites for hydroxylation is 1. The molecule has 5 rings (SSSR count). The fraction of sp³-hybridized carbons (Fsp3) is 0.176. The summed E-state index contributed by atoms with van der Waals surface area (Å²) in [4.78, 5) is 52.2. The van der Waals surface area contributed by atoms with E-state index in [-0.39, 0.29) is 37.2 Å². The van der Waals surface area contributed by atoms with Crippen molar-refractivity contribution in [3.05, 3.63) is 131 Å². The minimum Gasteiger partial charge on any atom is -0.481 e. The van der Waals surface area contributed by atoms with E-state index in [0.717, 1.165) is 11.1 Å². The summed E-state index contributed by atoms with van der Waals surface area (Å²) in [6.07, 6.45) is 0.860. The number of para-hydroxylation sites is 1. The molecule has 0 aromatic heterocycles. The number of carboxylic acids is 1. The molecule has 42 heavy (non-hydrogen) atoms. The van der Waals surface area contributed by atoms with Crippen molar-refractivity contribution in [3.63, 3.8) is 0 Å². The van der Waals surface area contributed by atoms with Crippen LogP contribution >= 0.6 is 0 Å². The normalized spacial score (nSPS) is 13.9. The maximum atomic E-state index is 13.7. The third-order valence-corrected chi connectivity index (χ3v) is 7.31. The minimum atomic E-state index is -0.971. The highest BCUT2D eigenvalue weighted by atomic mass is 16.4. The molecular weight excluding hydrogens is 530 g/mol. The molecule has 0 saturated carbocycles. The molecule has 1 aliphatic heterocycles. The molecule has 4 aromatic carbocycles. The Morgan fingerprint density at radius 1 is 0.738 bits per heavy atom. The molecule has 0 fully saturated rings. The summed E-state index contributed by atoms with van der Waals surface area (Å²) in [5, 5.41) is 15.4. The Morgan fingerprint density at radius 3 is 2.14 bits per heavy atom. The molecule has 0 bridgehead atoms. The van der Waals surface area contributed by atoms with Crippen LogP contribution in [0.15, 0.2) is 103 Å². The zero-order valence-electron chi connectivity index (χ0n) is 23.0. The number of rotatable bonds is 10. The first kappa shape index (κ1) is 28.3. The van der Waals surface area contributed by atoms with Crippen LogP contribution in [0.5, 0.6) is 0 Å². The molecule has 4 aromatic rings. The average Bonchev–Trinajstić information content (AvgIpc) is 3.09. The molecule has 8 heteroatoms. The summed E-state index contributed by atoms with van der Waals surface area (Å²) in [5.74, 6) is -2.28. The number of hydrogen-bond donors (Lipinski definition) is 3. The van der Waals surface area contributed by atoms with E-state index in [4.69, 9.17) is 0 Å². The Bertz CT molecular complexity index is 1600.